The van der Waals surface area contributed by atoms with Crippen molar-refractivity contribution < 1.29 is 4.79 Å². The van der Waals surface area contributed by atoms with Crippen LogP contribution in [0, 0.1) is 0 Å². The van der Waals surface area contributed by atoms with Crippen molar-refractivity contribution in [1.82, 2.24) is 0 Å². The summed E-state index contributed by atoms with van der Waals surface area (Å²) in [6.07, 6.45) is 0. The second-order valence-corrected chi connectivity index (χ2v) is 6.91. The number of alkyl halides is 2. The van der Waals surface area contributed by atoms with Gasteiger partial charge in [0, 0.05) is 5.02 Å². The first-order chi connectivity index (χ1) is 8.99. The van der Waals surface area contributed by atoms with E-state index in [9.17, 15) is 4.79 Å². The first-order valence-corrected chi connectivity index (χ1v) is 7.76. The Bertz CT molecular complexity index is 579. The highest BCUT2D eigenvalue weighted by atomic mass is 35.5. The summed E-state index contributed by atoms with van der Waals surface area (Å²) in [5.74, 6) is -0.228. The maximum Gasteiger partial charge on any atom is 0.192 e. The minimum Gasteiger partial charge on any atom is -0.292 e. The molecule has 1 aromatic heterocycles. The van der Waals surface area contributed by atoms with Gasteiger partial charge in [-0.05, 0) is 29.8 Å². The molecule has 0 aliphatic rings. The van der Waals surface area contributed by atoms with Crippen LogP contribution in [0.1, 0.15) is 20.6 Å². The van der Waals surface area contributed by atoms with Crippen molar-refractivity contribution in [3.05, 3.63) is 56.2 Å². The SMILES string of the molecule is O=C(c1ccc(Cl)s1)C(Cl)C(Cl)c1ccc(Cl)cc1. The van der Waals surface area contributed by atoms with E-state index < -0.39 is 10.8 Å². The van der Waals surface area contributed by atoms with Gasteiger partial charge in [0.05, 0.1) is 14.6 Å². The van der Waals surface area contributed by atoms with Crippen LogP contribution in [-0.2, 0) is 0 Å². The number of thiophene rings is 1. The molecular formula is C13H8Cl4OS. The molecule has 0 N–H and O–H groups in total. The minimum absolute atomic E-state index is 0.228. The van der Waals surface area contributed by atoms with Gasteiger partial charge in [0.1, 0.15) is 5.38 Å². The molecule has 0 bridgehead atoms. The fraction of sp³-hybridized carbons (Fsp3) is 0.154. The first-order valence-electron chi connectivity index (χ1n) is 5.32. The fourth-order valence-corrected chi connectivity index (χ4v) is 3.27. The number of carbonyl (C=O) groups excluding carboxylic acids is 1. The van der Waals surface area contributed by atoms with E-state index in [0.717, 1.165) is 5.56 Å². The number of hydrogen-bond donors (Lipinski definition) is 0. The lowest BCUT2D eigenvalue weighted by atomic mass is 10.1. The van der Waals surface area contributed by atoms with E-state index in [1.54, 1.807) is 36.4 Å². The lowest BCUT2D eigenvalue weighted by Gasteiger charge is -2.14. The van der Waals surface area contributed by atoms with Gasteiger partial charge in [0.2, 0.25) is 0 Å². The Balaban J connectivity index is 2.16. The Kier molecular flexibility index (Phi) is 5.15. The van der Waals surface area contributed by atoms with Crippen molar-refractivity contribution in [2.45, 2.75) is 10.8 Å². The van der Waals surface area contributed by atoms with E-state index in [-0.39, 0.29) is 5.78 Å². The van der Waals surface area contributed by atoms with Crippen LogP contribution in [0.2, 0.25) is 9.36 Å². The van der Waals surface area contributed by atoms with Crippen molar-refractivity contribution in [3.63, 3.8) is 0 Å². The lowest BCUT2D eigenvalue weighted by Crippen LogP contribution is -2.19. The Morgan fingerprint density at radius 2 is 1.63 bits per heavy atom. The van der Waals surface area contributed by atoms with Gasteiger partial charge in [-0.25, -0.2) is 0 Å². The third-order valence-corrected chi connectivity index (χ3v) is 5.09. The van der Waals surface area contributed by atoms with E-state index in [4.69, 9.17) is 46.4 Å². The van der Waals surface area contributed by atoms with Crippen molar-refractivity contribution in [2.24, 2.45) is 0 Å². The Hall–Kier alpha value is -0.250. The lowest BCUT2D eigenvalue weighted by molar-refractivity contribution is 0.0989. The van der Waals surface area contributed by atoms with Gasteiger partial charge in [-0.2, -0.15) is 0 Å². The maximum atomic E-state index is 12.1. The van der Waals surface area contributed by atoms with Gasteiger partial charge < -0.3 is 0 Å². The molecule has 2 rings (SSSR count). The molecule has 1 aromatic carbocycles. The van der Waals surface area contributed by atoms with E-state index in [1.807, 2.05) is 0 Å². The van der Waals surface area contributed by atoms with E-state index in [2.05, 4.69) is 0 Å². The van der Waals surface area contributed by atoms with Crippen LogP contribution < -0.4 is 0 Å². The summed E-state index contributed by atoms with van der Waals surface area (Å²) in [5, 5.41) is -0.861. The summed E-state index contributed by atoms with van der Waals surface area (Å²) >= 11 is 25.2. The summed E-state index contributed by atoms with van der Waals surface area (Å²) in [6.45, 7) is 0. The van der Waals surface area contributed by atoms with Crippen molar-refractivity contribution in [1.29, 1.82) is 0 Å². The normalized spacial score (nSPS) is 14.1. The number of carbonyl (C=O) groups is 1. The van der Waals surface area contributed by atoms with Gasteiger partial charge in [-0.15, -0.1) is 34.5 Å². The van der Waals surface area contributed by atoms with Crippen molar-refractivity contribution in [2.75, 3.05) is 0 Å². The van der Waals surface area contributed by atoms with Gasteiger partial charge in [-0.1, -0.05) is 35.3 Å². The third kappa shape index (κ3) is 3.65. The molecule has 0 aliphatic heterocycles. The highest BCUT2D eigenvalue weighted by Gasteiger charge is 2.27. The highest BCUT2D eigenvalue weighted by molar-refractivity contribution is 7.18. The Morgan fingerprint density at radius 3 is 2.16 bits per heavy atom. The summed E-state index contributed by atoms with van der Waals surface area (Å²) < 4.78 is 0.546. The number of rotatable bonds is 4. The average Bonchev–Trinajstić information content (AvgIpc) is 2.84. The molecule has 6 heteroatoms. The number of Topliss-reactive ketones (excluding diaryl/α,β-unsaturated/α-hetero) is 1. The largest absolute Gasteiger partial charge is 0.292 e. The van der Waals surface area contributed by atoms with Gasteiger partial charge in [0.25, 0.3) is 0 Å². The summed E-state index contributed by atoms with van der Waals surface area (Å²) in [7, 11) is 0. The smallest absolute Gasteiger partial charge is 0.192 e. The summed E-state index contributed by atoms with van der Waals surface area (Å²) in [5.41, 5.74) is 0.752. The molecule has 2 aromatic rings. The average molecular weight is 354 g/mol. The number of ketones is 1. The van der Waals surface area contributed by atoms with E-state index in [1.165, 1.54) is 11.3 Å². The van der Waals surface area contributed by atoms with Crippen molar-refractivity contribution >= 4 is 63.5 Å². The molecule has 0 fully saturated rings. The first kappa shape index (κ1) is 15.1. The van der Waals surface area contributed by atoms with E-state index >= 15 is 0 Å². The Labute approximate surface area is 135 Å². The minimum atomic E-state index is -0.849. The molecule has 0 spiro atoms. The van der Waals surface area contributed by atoms with Crippen LogP contribution in [0.15, 0.2) is 36.4 Å². The fourth-order valence-electron chi connectivity index (χ4n) is 1.53. The monoisotopic (exact) mass is 352 g/mol. The second kappa shape index (κ2) is 6.47. The van der Waals surface area contributed by atoms with Crippen LogP contribution in [0.5, 0.6) is 0 Å². The van der Waals surface area contributed by atoms with Crippen molar-refractivity contribution in [3.8, 4) is 0 Å². The molecule has 0 amide bonds. The molecule has 2 unspecified atom stereocenters. The van der Waals surface area contributed by atoms with Gasteiger partial charge in [0.15, 0.2) is 5.78 Å². The molecular weight excluding hydrogens is 346 g/mol. The molecule has 19 heavy (non-hydrogen) atoms. The zero-order valence-corrected chi connectivity index (χ0v) is 13.3. The molecule has 1 heterocycles. The highest BCUT2D eigenvalue weighted by Crippen LogP contribution is 2.33. The zero-order valence-electron chi connectivity index (χ0n) is 9.45. The number of halogens is 4. The predicted octanol–water partition coefficient (Wildman–Crippen LogP) is 5.83. The van der Waals surface area contributed by atoms with Crippen LogP contribution in [0.3, 0.4) is 0 Å². The molecule has 0 aliphatic carbocycles. The van der Waals surface area contributed by atoms with Crippen LogP contribution >= 0.6 is 57.7 Å². The molecule has 0 radical (unpaired) electrons. The second-order valence-electron chi connectivity index (χ2n) is 3.82. The number of hydrogen-bond acceptors (Lipinski definition) is 2. The predicted molar refractivity (Wildman–Crippen MR) is 83.3 cm³/mol. The van der Waals surface area contributed by atoms with Gasteiger partial charge >= 0.3 is 0 Å². The molecule has 0 saturated carbocycles. The molecule has 1 nitrogen and oxygen atoms in total. The van der Waals surface area contributed by atoms with Crippen LogP contribution in [-0.4, -0.2) is 11.2 Å². The van der Waals surface area contributed by atoms with E-state index in [0.29, 0.717) is 14.2 Å². The van der Waals surface area contributed by atoms with Crippen LogP contribution in [0.4, 0.5) is 0 Å². The standard InChI is InChI=1S/C13H8Cl4OS/c14-8-3-1-7(2-4-8)11(16)12(17)13(18)9-5-6-10(15)19-9/h1-6,11-12H. The molecule has 100 valence electrons. The number of benzene rings is 1. The molecule has 0 saturated heterocycles. The third-order valence-electron chi connectivity index (χ3n) is 2.51. The summed E-state index contributed by atoms with van der Waals surface area (Å²) in [4.78, 5) is 12.7. The quantitative estimate of drug-likeness (QED) is 0.499. The molecule has 2 atom stereocenters. The summed E-state index contributed by atoms with van der Waals surface area (Å²) in [6, 6.07) is 10.2. The maximum absolute atomic E-state index is 12.1. The topological polar surface area (TPSA) is 17.1 Å². The zero-order chi connectivity index (χ0) is 14.0. The Morgan fingerprint density at radius 1 is 1.00 bits per heavy atom. The van der Waals surface area contributed by atoms with Crippen LogP contribution in [0.25, 0.3) is 0 Å². The van der Waals surface area contributed by atoms with Gasteiger partial charge in [-0.3, -0.25) is 4.79 Å².